The van der Waals surface area contributed by atoms with Gasteiger partial charge in [-0.05, 0) is 78.5 Å². The summed E-state index contributed by atoms with van der Waals surface area (Å²) in [5.41, 5.74) is 11.8. The molecule has 138 valence electrons. The number of nitrogens with one attached hydrogen (secondary N) is 1. The minimum Gasteiger partial charge on any atom is -0.508 e. The molecule has 3 aliphatic rings. The first-order valence-electron chi connectivity index (χ1n) is 9.57. The van der Waals surface area contributed by atoms with Crippen LogP contribution in [-0.2, 0) is 6.42 Å². The van der Waals surface area contributed by atoms with Gasteiger partial charge in [0.15, 0.2) is 0 Å². The number of nitrogens with zero attached hydrogens (tertiary/aromatic N) is 1. The fourth-order valence-corrected chi connectivity index (χ4v) is 5.79. The largest absolute Gasteiger partial charge is 0.508 e. The number of phenolic OH excluding ortho intramolecular Hbond substituents is 1. The van der Waals surface area contributed by atoms with Gasteiger partial charge in [0.05, 0.1) is 0 Å². The number of amides is 2. The lowest BCUT2D eigenvalue weighted by atomic mass is 9.54. The van der Waals surface area contributed by atoms with Crippen LogP contribution in [0.1, 0.15) is 56.1 Å². The van der Waals surface area contributed by atoms with Crippen molar-refractivity contribution in [3.63, 3.8) is 0 Å². The Hall–Kier alpha value is -2.30. The quantitative estimate of drug-likeness (QED) is 0.438. The molecule has 1 fully saturated rings. The van der Waals surface area contributed by atoms with Gasteiger partial charge < -0.3 is 10.8 Å². The third kappa shape index (κ3) is 2.79. The summed E-state index contributed by atoms with van der Waals surface area (Å²) in [6.45, 7) is 2.41. The van der Waals surface area contributed by atoms with Gasteiger partial charge in [0, 0.05) is 12.6 Å². The molecule has 4 unspecified atom stereocenters. The Kier molecular flexibility index (Phi) is 4.25. The van der Waals surface area contributed by atoms with E-state index >= 15 is 0 Å². The number of hydrogen-bond donors (Lipinski definition) is 3. The van der Waals surface area contributed by atoms with E-state index in [2.05, 4.69) is 29.6 Å². The lowest BCUT2D eigenvalue weighted by molar-refractivity contribution is 0.0745. The van der Waals surface area contributed by atoms with Crippen molar-refractivity contribution in [1.82, 2.24) is 5.43 Å². The highest BCUT2D eigenvalue weighted by molar-refractivity contribution is 5.73. The molecule has 26 heavy (non-hydrogen) atoms. The van der Waals surface area contributed by atoms with Crippen molar-refractivity contribution in [1.29, 1.82) is 0 Å². The maximum Gasteiger partial charge on any atom is 0.332 e. The van der Waals surface area contributed by atoms with Crippen molar-refractivity contribution in [2.24, 2.45) is 28.1 Å². The van der Waals surface area contributed by atoms with Gasteiger partial charge >= 0.3 is 6.03 Å². The Morgan fingerprint density at radius 1 is 1.46 bits per heavy atom. The van der Waals surface area contributed by atoms with E-state index in [9.17, 15) is 9.90 Å². The molecule has 4 atom stereocenters. The first-order valence-corrected chi connectivity index (χ1v) is 9.57. The first kappa shape index (κ1) is 17.1. The number of aromatic hydroxyl groups is 1. The van der Waals surface area contributed by atoms with Crippen LogP contribution in [0.3, 0.4) is 0 Å². The van der Waals surface area contributed by atoms with Crippen molar-refractivity contribution in [3.05, 3.63) is 41.0 Å². The van der Waals surface area contributed by atoms with E-state index in [1.165, 1.54) is 36.0 Å². The van der Waals surface area contributed by atoms with Crippen molar-refractivity contribution < 1.29 is 9.90 Å². The molecule has 1 aromatic carbocycles. The number of hydrazone groups is 1. The third-order valence-corrected chi connectivity index (χ3v) is 7.03. The lowest BCUT2D eigenvalue weighted by Crippen LogP contribution is -2.41. The Morgan fingerprint density at radius 3 is 3.12 bits per heavy atom. The Labute approximate surface area is 154 Å². The van der Waals surface area contributed by atoms with Gasteiger partial charge in [-0.1, -0.05) is 24.6 Å². The van der Waals surface area contributed by atoms with Gasteiger partial charge in [0.2, 0.25) is 0 Å². The number of hydrogen-bond acceptors (Lipinski definition) is 3. The SMILES string of the molecule is CC12CCC3c4ccc(O)cc4CCC3C1CC=C2CC=NNC(N)=O. The van der Waals surface area contributed by atoms with Crippen molar-refractivity contribution in [2.75, 3.05) is 0 Å². The summed E-state index contributed by atoms with van der Waals surface area (Å²) in [5.74, 6) is 2.39. The fraction of sp³-hybridized carbons (Fsp3) is 0.524. The number of nitrogens with two attached hydrogens (primary N) is 1. The zero-order valence-electron chi connectivity index (χ0n) is 15.2. The number of fused-ring (bicyclic) bond motifs is 5. The van der Waals surface area contributed by atoms with Gasteiger partial charge in [0.25, 0.3) is 0 Å². The minimum absolute atomic E-state index is 0.230. The molecule has 0 aromatic heterocycles. The molecule has 5 nitrogen and oxygen atoms in total. The van der Waals surface area contributed by atoms with E-state index in [0.717, 1.165) is 19.3 Å². The van der Waals surface area contributed by atoms with E-state index in [0.29, 0.717) is 23.5 Å². The second-order valence-electron chi connectivity index (χ2n) is 8.21. The summed E-state index contributed by atoms with van der Waals surface area (Å²) in [7, 11) is 0. The Balaban J connectivity index is 1.51. The number of carbonyl (C=O) groups excluding carboxylic acids is 1. The molecule has 0 spiro atoms. The Bertz CT molecular complexity index is 785. The molecule has 0 bridgehead atoms. The smallest absolute Gasteiger partial charge is 0.332 e. The first-order chi connectivity index (χ1) is 12.5. The van der Waals surface area contributed by atoms with Crippen LogP contribution >= 0.6 is 0 Å². The zero-order valence-corrected chi connectivity index (χ0v) is 15.2. The normalized spacial score (nSPS) is 32.5. The molecule has 0 radical (unpaired) electrons. The summed E-state index contributed by atoms with van der Waals surface area (Å²) in [4.78, 5) is 10.7. The van der Waals surface area contributed by atoms with Crippen LogP contribution in [-0.4, -0.2) is 17.4 Å². The maximum atomic E-state index is 10.7. The number of phenols is 1. The summed E-state index contributed by atoms with van der Waals surface area (Å²) in [6, 6.07) is 5.32. The summed E-state index contributed by atoms with van der Waals surface area (Å²) >= 11 is 0. The molecule has 1 aromatic rings. The van der Waals surface area contributed by atoms with Gasteiger partial charge in [-0.3, -0.25) is 0 Å². The maximum absolute atomic E-state index is 10.7. The van der Waals surface area contributed by atoms with Gasteiger partial charge in [0.1, 0.15) is 5.75 Å². The predicted octanol–water partition coefficient (Wildman–Crippen LogP) is 3.83. The molecule has 3 aliphatic carbocycles. The van der Waals surface area contributed by atoms with E-state index < -0.39 is 6.03 Å². The Morgan fingerprint density at radius 2 is 2.31 bits per heavy atom. The van der Waals surface area contributed by atoms with E-state index in [4.69, 9.17) is 5.73 Å². The molecule has 4 rings (SSSR count). The van der Waals surface area contributed by atoms with Crippen LogP contribution in [0.15, 0.2) is 34.9 Å². The van der Waals surface area contributed by atoms with Crippen LogP contribution in [0.4, 0.5) is 4.79 Å². The molecular weight excluding hydrogens is 326 g/mol. The molecule has 1 saturated carbocycles. The number of aryl methyl sites for hydroxylation is 1. The van der Waals surface area contributed by atoms with Crippen LogP contribution in [0.25, 0.3) is 0 Å². The number of benzene rings is 1. The second-order valence-corrected chi connectivity index (χ2v) is 8.21. The van der Waals surface area contributed by atoms with Gasteiger partial charge in [-0.25, -0.2) is 10.2 Å². The molecular formula is C21H27N3O2. The van der Waals surface area contributed by atoms with Gasteiger partial charge in [-0.15, -0.1) is 0 Å². The van der Waals surface area contributed by atoms with Crippen LogP contribution in [0, 0.1) is 17.3 Å². The molecule has 0 aliphatic heterocycles. The van der Waals surface area contributed by atoms with Crippen molar-refractivity contribution in [3.8, 4) is 5.75 Å². The predicted molar refractivity (Wildman–Crippen MR) is 102 cm³/mol. The van der Waals surface area contributed by atoms with Crippen LogP contribution in [0.2, 0.25) is 0 Å². The zero-order chi connectivity index (χ0) is 18.3. The van der Waals surface area contributed by atoms with E-state index in [1.54, 1.807) is 6.21 Å². The highest BCUT2D eigenvalue weighted by Gasteiger charge is 2.51. The van der Waals surface area contributed by atoms with E-state index in [-0.39, 0.29) is 5.41 Å². The average molecular weight is 353 g/mol. The van der Waals surface area contributed by atoms with Crippen LogP contribution in [0.5, 0.6) is 5.75 Å². The fourth-order valence-electron chi connectivity index (χ4n) is 5.79. The van der Waals surface area contributed by atoms with E-state index in [1.807, 2.05) is 12.1 Å². The minimum atomic E-state index is -0.627. The third-order valence-electron chi connectivity index (χ3n) is 7.03. The number of rotatable bonds is 3. The second kappa shape index (κ2) is 6.45. The standard InChI is InChI=1S/C21H27N3O2/c1-21-10-8-17-16-6-4-15(25)12-13(16)2-5-18(17)19(21)7-3-14(21)9-11-23-24-20(22)26/h3-4,6,11-12,17-19,25H,2,5,7-10H2,1H3,(H3,22,24,26). The molecule has 2 amide bonds. The number of primary amides is 1. The number of carbonyl (C=O) groups is 1. The number of urea groups is 1. The molecule has 4 N–H and O–H groups in total. The molecule has 0 heterocycles. The highest BCUT2D eigenvalue weighted by Crippen LogP contribution is 2.61. The monoisotopic (exact) mass is 353 g/mol. The molecule has 5 heteroatoms. The average Bonchev–Trinajstić information content (AvgIpc) is 2.94. The summed E-state index contributed by atoms with van der Waals surface area (Å²) < 4.78 is 0. The van der Waals surface area contributed by atoms with Gasteiger partial charge in [-0.2, -0.15) is 5.10 Å². The topological polar surface area (TPSA) is 87.7 Å². The number of allylic oxidation sites excluding steroid dienone is 2. The summed E-state index contributed by atoms with van der Waals surface area (Å²) in [6.07, 6.45) is 10.7. The lowest BCUT2D eigenvalue weighted by Gasteiger charge is -2.50. The van der Waals surface area contributed by atoms with Crippen LogP contribution < -0.4 is 11.2 Å². The van der Waals surface area contributed by atoms with Crippen molar-refractivity contribution >= 4 is 12.2 Å². The summed E-state index contributed by atoms with van der Waals surface area (Å²) in [5, 5.41) is 13.7. The highest BCUT2D eigenvalue weighted by atomic mass is 16.3. The van der Waals surface area contributed by atoms with Crippen molar-refractivity contribution in [2.45, 2.75) is 51.4 Å². The molecule has 0 saturated heterocycles.